The summed E-state index contributed by atoms with van der Waals surface area (Å²) in [5, 5.41) is 14.8. The van der Waals surface area contributed by atoms with Crippen LogP contribution in [-0.4, -0.2) is 103 Å². The first-order chi connectivity index (χ1) is 21.4. The molecule has 3 saturated heterocycles. The van der Waals surface area contributed by atoms with E-state index >= 15 is 0 Å². The standard InChI is InChI=1S/C33H38N8O3/c1-21-6-3-7-22-8-4-10-27(28(21)22)41-15-12-25-29(32(41)43)36-33(44-20-24-9-5-14-38(24)2)37-30(25)39-16-17-40(23(19-39)11-13-34)31(42)26-18-35-26/h3-4,6-8,10,23-24,26,35H,5,9,11-12,14-20H2,1-2H3/t23-,24-,26+/m0/s1. The van der Waals surface area contributed by atoms with Crippen LogP contribution in [0.4, 0.5) is 11.5 Å². The summed E-state index contributed by atoms with van der Waals surface area (Å²) in [5.41, 5.74) is 3.15. The molecule has 2 aromatic carbocycles. The molecule has 11 nitrogen and oxygen atoms in total. The zero-order chi connectivity index (χ0) is 30.4. The minimum Gasteiger partial charge on any atom is -0.462 e. The van der Waals surface area contributed by atoms with Crippen LogP contribution < -0.4 is 19.9 Å². The molecule has 0 radical (unpaired) electrons. The molecule has 0 saturated carbocycles. The van der Waals surface area contributed by atoms with Crippen molar-refractivity contribution in [1.29, 1.82) is 5.26 Å². The van der Waals surface area contributed by atoms with Crippen molar-refractivity contribution in [2.45, 2.75) is 50.7 Å². The minimum absolute atomic E-state index is 0.0514. The van der Waals surface area contributed by atoms with Crippen LogP contribution in [0.2, 0.25) is 0 Å². The fourth-order valence-corrected chi connectivity index (χ4v) is 7.01. The largest absolute Gasteiger partial charge is 0.462 e. The van der Waals surface area contributed by atoms with E-state index in [9.17, 15) is 14.9 Å². The summed E-state index contributed by atoms with van der Waals surface area (Å²) >= 11 is 0. The molecule has 228 valence electrons. The van der Waals surface area contributed by atoms with Crippen molar-refractivity contribution < 1.29 is 14.3 Å². The Morgan fingerprint density at radius 3 is 2.68 bits per heavy atom. The summed E-state index contributed by atoms with van der Waals surface area (Å²) in [6, 6.07) is 14.6. The molecule has 44 heavy (non-hydrogen) atoms. The number of hydrogen-bond donors (Lipinski definition) is 1. The van der Waals surface area contributed by atoms with Gasteiger partial charge in [-0.25, -0.2) is 0 Å². The molecule has 3 atom stereocenters. The van der Waals surface area contributed by atoms with Gasteiger partial charge < -0.3 is 29.7 Å². The topological polar surface area (TPSA) is 128 Å². The molecule has 0 unspecified atom stereocenters. The fourth-order valence-electron chi connectivity index (χ4n) is 7.01. The zero-order valence-electron chi connectivity index (χ0n) is 25.3. The Hall–Kier alpha value is -4.27. The summed E-state index contributed by atoms with van der Waals surface area (Å²) in [6.07, 6.45) is 2.98. The predicted molar refractivity (Wildman–Crippen MR) is 167 cm³/mol. The number of nitriles is 1. The third kappa shape index (κ3) is 5.22. The Morgan fingerprint density at radius 1 is 1.11 bits per heavy atom. The number of amides is 2. The first kappa shape index (κ1) is 28.5. The highest BCUT2D eigenvalue weighted by Crippen LogP contribution is 2.36. The predicted octanol–water partition coefficient (Wildman–Crippen LogP) is 2.52. The number of likely N-dealkylation sites (tertiary alicyclic amines) is 1. The van der Waals surface area contributed by atoms with Gasteiger partial charge in [0.15, 0.2) is 0 Å². The van der Waals surface area contributed by atoms with Gasteiger partial charge in [-0.3, -0.25) is 9.59 Å². The third-order valence-corrected chi connectivity index (χ3v) is 9.55. The minimum atomic E-state index is -0.264. The highest BCUT2D eigenvalue weighted by atomic mass is 16.5. The number of rotatable bonds is 7. The van der Waals surface area contributed by atoms with Crippen LogP contribution in [0.1, 0.15) is 40.9 Å². The van der Waals surface area contributed by atoms with Crippen molar-refractivity contribution in [3.05, 3.63) is 53.2 Å². The molecule has 1 N–H and O–H groups in total. The van der Waals surface area contributed by atoms with Crippen LogP contribution in [-0.2, 0) is 11.2 Å². The van der Waals surface area contributed by atoms with Crippen LogP contribution in [0.5, 0.6) is 6.01 Å². The number of fused-ring (bicyclic) bond motifs is 2. The SMILES string of the molecule is Cc1cccc2cccc(N3CCc4c(nc(OC[C@@H]5CCCN5C)nc4N4CCN(C(=O)[C@H]5CN5)[C@@H](CC#N)C4)C3=O)c12. The van der Waals surface area contributed by atoms with Crippen molar-refractivity contribution in [3.63, 3.8) is 0 Å². The monoisotopic (exact) mass is 594 g/mol. The van der Waals surface area contributed by atoms with Gasteiger partial charge in [-0.1, -0.05) is 30.3 Å². The molecule has 3 fully saturated rings. The lowest BCUT2D eigenvalue weighted by Crippen LogP contribution is -2.57. The number of piperazine rings is 1. The number of nitrogens with one attached hydrogen (secondary N) is 1. The maximum atomic E-state index is 14.3. The van der Waals surface area contributed by atoms with E-state index in [1.807, 2.05) is 28.0 Å². The lowest BCUT2D eigenvalue weighted by molar-refractivity contribution is -0.133. The first-order valence-electron chi connectivity index (χ1n) is 15.6. The van der Waals surface area contributed by atoms with Gasteiger partial charge in [0, 0.05) is 49.7 Å². The molecular formula is C33H38N8O3. The molecule has 11 heteroatoms. The van der Waals surface area contributed by atoms with E-state index in [4.69, 9.17) is 14.7 Å². The molecule has 3 aromatic rings. The number of carbonyl (C=O) groups is 2. The summed E-state index contributed by atoms with van der Waals surface area (Å²) in [7, 11) is 2.10. The molecule has 1 aromatic heterocycles. The lowest BCUT2D eigenvalue weighted by Gasteiger charge is -2.42. The van der Waals surface area contributed by atoms with E-state index in [0.717, 1.165) is 47.0 Å². The van der Waals surface area contributed by atoms with Gasteiger partial charge in [-0.05, 0) is 56.8 Å². The van der Waals surface area contributed by atoms with Crippen molar-refractivity contribution in [1.82, 2.24) is 25.1 Å². The van der Waals surface area contributed by atoms with Crippen LogP contribution in [0.25, 0.3) is 10.8 Å². The summed E-state index contributed by atoms with van der Waals surface area (Å²) < 4.78 is 6.22. The Bertz CT molecular complexity index is 1640. The lowest BCUT2D eigenvalue weighted by atomic mass is 9.99. The third-order valence-electron chi connectivity index (χ3n) is 9.55. The van der Waals surface area contributed by atoms with Crippen LogP contribution >= 0.6 is 0 Å². The normalized spacial score (nSPS) is 23.5. The number of ether oxygens (including phenoxy) is 1. The van der Waals surface area contributed by atoms with E-state index in [1.54, 1.807) is 0 Å². The van der Waals surface area contributed by atoms with Crippen LogP contribution in [0.3, 0.4) is 0 Å². The van der Waals surface area contributed by atoms with E-state index in [2.05, 4.69) is 53.4 Å². The van der Waals surface area contributed by atoms with Gasteiger partial charge >= 0.3 is 6.01 Å². The second-order valence-electron chi connectivity index (χ2n) is 12.4. The van der Waals surface area contributed by atoms with E-state index in [-0.39, 0.29) is 42.4 Å². The molecule has 0 spiro atoms. The molecule has 0 bridgehead atoms. The smallest absolute Gasteiger partial charge is 0.319 e. The fraction of sp³-hybridized carbons (Fsp3) is 0.485. The number of anilines is 2. The Morgan fingerprint density at radius 2 is 1.93 bits per heavy atom. The number of hydrogen-bond acceptors (Lipinski definition) is 9. The van der Waals surface area contributed by atoms with Crippen molar-refractivity contribution in [3.8, 4) is 12.1 Å². The van der Waals surface area contributed by atoms with Crippen LogP contribution in [0.15, 0.2) is 36.4 Å². The number of nitrogens with zero attached hydrogens (tertiary/aromatic N) is 7. The quantitative estimate of drug-likeness (QED) is 0.411. The van der Waals surface area contributed by atoms with Gasteiger partial charge in [-0.15, -0.1) is 0 Å². The van der Waals surface area contributed by atoms with Gasteiger partial charge in [0.2, 0.25) is 5.91 Å². The van der Waals surface area contributed by atoms with Gasteiger partial charge in [-0.2, -0.15) is 15.2 Å². The van der Waals surface area contributed by atoms with Gasteiger partial charge in [0.25, 0.3) is 5.91 Å². The maximum Gasteiger partial charge on any atom is 0.319 e. The number of aromatic nitrogens is 2. The molecular weight excluding hydrogens is 556 g/mol. The molecule has 5 heterocycles. The molecule has 0 aliphatic carbocycles. The first-order valence-corrected chi connectivity index (χ1v) is 15.6. The highest BCUT2D eigenvalue weighted by Gasteiger charge is 2.40. The molecule has 7 rings (SSSR count). The average molecular weight is 595 g/mol. The summed E-state index contributed by atoms with van der Waals surface area (Å²) in [6.45, 7) is 6.22. The van der Waals surface area contributed by atoms with Gasteiger partial charge in [0.05, 0.1) is 30.3 Å². The zero-order valence-corrected chi connectivity index (χ0v) is 25.3. The van der Waals surface area contributed by atoms with E-state index in [1.165, 1.54) is 0 Å². The average Bonchev–Trinajstić information content (AvgIpc) is 3.81. The Labute approximate surface area is 257 Å². The summed E-state index contributed by atoms with van der Waals surface area (Å²) in [4.78, 5) is 45.0. The molecule has 2 amide bonds. The van der Waals surface area contributed by atoms with Gasteiger partial charge in [0.1, 0.15) is 18.1 Å². The number of carbonyl (C=O) groups excluding carboxylic acids is 2. The van der Waals surface area contributed by atoms with Crippen molar-refractivity contribution in [2.75, 3.05) is 62.7 Å². The second kappa shape index (κ2) is 11.7. The molecule has 4 aliphatic rings. The number of likely N-dealkylation sites (N-methyl/N-ethyl adjacent to an activating group) is 1. The van der Waals surface area contributed by atoms with Crippen molar-refractivity contribution >= 4 is 34.1 Å². The van der Waals surface area contributed by atoms with E-state index < -0.39 is 0 Å². The highest BCUT2D eigenvalue weighted by molar-refractivity contribution is 6.12. The molecule has 4 aliphatic heterocycles. The van der Waals surface area contributed by atoms with Crippen molar-refractivity contribution in [2.24, 2.45) is 0 Å². The van der Waals surface area contributed by atoms with E-state index in [0.29, 0.717) is 57.3 Å². The second-order valence-corrected chi connectivity index (χ2v) is 12.4. The number of aryl methyl sites for hydroxylation is 1. The summed E-state index contributed by atoms with van der Waals surface area (Å²) in [5.74, 6) is 0.553. The number of benzene rings is 2. The maximum absolute atomic E-state index is 14.3. The van der Waals surface area contributed by atoms with Crippen LogP contribution in [0, 0.1) is 18.3 Å². The Balaban J connectivity index is 1.24. The Kier molecular flexibility index (Phi) is 7.56.